The van der Waals surface area contributed by atoms with Crippen LogP contribution in [0.2, 0.25) is 0 Å². The molecule has 150 valence electrons. The monoisotopic (exact) mass is 410 g/mol. The Bertz CT molecular complexity index is 968. The molecule has 3 N–H and O–H groups in total. The molecular formula is C21H22N4O3S. The number of urea groups is 1. The van der Waals surface area contributed by atoms with Crippen LogP contribution in [0.1, 0.15) is 11.3 Å². The number of thiazole rings is 1. The molecule has 3 aromatic rings. The predicted molar refractivity (Wildman–Crippen MR) is 115 cm³/mol. The van der Waals surface area contributed by atoms with E-state index in [0.717, 1.165) is 16.3 Å². The number of carbonyl (C=O) groups excluding carboxylic acids is 2. The molecule has 3 amide bonds. The van der Waals surface area contributed by atoms with Gasteiger partial charge in [-0.05, 0) is 31.2 Å². The number of nitrogens with zero attached hydrogens (tertiary/aromatic N) is 1. The van der Waals surface area contributed by atoms with Crippen molar-refractivity contribution in [3.05, 3.63) is 65.2 Å². The van der Waals surface area contributed by atoms with Gasteiger partial charge < -0.3 is 15.4 Å². The molecule has 0 spiro atoms. The van der Waals surface area contributed by atoms with Gasteiger partial charge in [-0.15, -0.1) is 11.3 Å². The minimum atomic E-state index is -0.545. The summed E-state index contributed by atoms with van der Waals surface area (Å²) in [5.74, 6) is 0. The normalized spacial score (nSPS) is 10.3. The third-order valence-electron chi connectivity index (χ3n) is 4.09. The van der Waals surface area contributed by atoms with Crippen LogP contribution in [0.3, 0.4) is 0 Å². The number of carbonyl (C=O) groups is 2. The van der Waals surface area contributed by atoms with Gasteiger partial charge in [0.05, 0.1) is 12.8 Å². The lowest BCUT2D eigenvalue weighted by molar-refractivity contribution is 0.187. The van der Waals surface area contributed by atoms with Crippen molar-refractivity contribution in [1.29, 1.82) is 0 Å². The Morgan fingerprint density at radius 2 is 1.66 bits per heavy atom. The standard InChI is InChI=1S/C21H22N4O3S/c1-14-3-5-15(6-4-14)19-23-18(13-29-19)11-12-22-20(26)24-16-7-9-17(10-8-16)25-21(27)28-2/h3-10,13H,11-12H2,1-2H3,(H,25,27)(H2,22,24,26). The molecule has 29 heavy (non-hydrogen) atoms. The fourth-order valence-corrected chi connectivity index (χ4v) is 3.40. The molecule has 1 aromatic heterocycles. The lowest BCUT2D eigenvalue weighted by Gasteiger charge is -2.08. The smallest absolute Gasteiger partial charge is 0.411 e. The molecular weight excluding hydrogens is 388 g/mol. The zero-order valence-corrected chi connectivity index (χ0v) is 17.0. The maximum absolute atomic E-state index is 12.0. The molecule has 1 heterocycles. The molecule has 0 radical (unpaired) electrons. The average molecular weight is 410 g/mol. The zero-order valence-electron chi connectivity index (χ0n) is 16.2. The highest BCUT2D eigenvalue weighted by Crippen LogP contribution is 2.24. The van der Waals surface area contributed by atoms with E-state index >= 15 is 0 Å². The first-order chi connectivity index (χ1) is 14.0. The summed E-state index contributed by atoms with van der Waals surface area (Å²) in [7, 11) is 1.30. The van der Waals surface area contributed by atoms with Crippen LogP contribution >= 0.6 is 11.3 Å². The van der Waals surface area contributed by atoms with Crippen molar-refractivity contribution in [2.24, 2.45) is 0 Å². The minimum absolute atomic E-state index is 0.298. The maximum Gasteiger partial charge on any atom is 0.411 e. The van der Waals surface area contributed by atoms with E-state index in [4.69, 9.17) is 0 Å². The Labute approximate surface area is 173 Å². The molecule has 8 heteroatoms. The van der Waals surface area contributed by atoms with Crippen LogP contribution in [0, 0.1) is 6.92 Å². The molecule has 7 nitrogen and oxygen atoms in total. The summed E-state index contributed by atoms with van der Waals surface area (Å²) in [6.07, 6.45) is 0.105. The molecule has 0 aliphatic carbocycles. The summed E-state index contributed by atoms with van der Waals surface area (Å²) in [6.45, 7) is 2.53. The van der Waals surface area contributed by atoms with E-state index in [1.807, 2.05) is 5.38 Å². The number of amides is 3. The van der Waals surface area contributed by atoms with Gasteiger partial charge in [-0.1, -0.05) is 29.8 Å². The van der Waals surface area contributed by atoms with Crippen LogP contribution in [-0.2, 0) is 11.2 Å². The van der Waals surface area contributed by atoms with Crippen LogP contribution in [0.5, 0.6) is 0 Å². The lowest BCUT2D eigenvalue weighted by atomic mass is 10.2. The Morgan fingerprint density at radius 3 is 2.31 bits per heavy atom. The Hall–Kier alpha value is -3.39. The molecule has 0 unspecified atom stereocenters. The fraction of sp³-hybridized carbons (Fsp3) is 0.190. The van der Waals surface area contributed by atoms with Crippen molar-refractivity contribution in [3.63, 3.8) is 0 Å². The number of ether oxygens (including phenoxy) is 1. The number of hydrogen-bond donors (Lipinski definition) is 3. The number of anilines is 2. The van der Waals surface area contributed by atoms with Gasteiger partial charge >= 0.3 is 12.1 Å². The molecule has 0 bridgehead atoms. The van der Waals surface area contributed by atoms with Crippen molar-refractivity contribution < 1.29 is 14.3 Å². The van der Waals surface area contributed by atoms with Crippen LogP contribution in [0.25, 0.3) is 10.6 Å². The van der Waals surface area contributed by atoms with E-state index in [9.17, 15) is 9.59 Å². The fourth-order valence-electron chi connectivity index (χ4n) is 2.54. The first-order valence-electron chi connectivity index (χ1n) is 9.05. The van der Waals surface area contributed by atoms with Gasteiger partial charge in [-0.3, -0.25) is 5.32 Å². The van der Waals surface area contributed by atoms with Gasteiger partial charge in [0, 0.05) is 35.3 Å². The number of rotatable bonds is 6. The van der Waals surface area contributed by atoms with E-state index in [2.05, 4.69) is 56.9 Å². The second kappa shape index (κ2) is 9.70. The minimum Gasteiger partial charge on any atom is -0.453 e. The van der Waals surface area contributed by atoms with Gasteiger partial charge in [-0.25, -0.2) is 14.6 Å². The van der Waals surface area contributed by atoms with Gasteiger partial charge in [0.15, 0.2) is 0 Å². The second-order valence-electron chi connectivity index (χ2n) is 6.33. The van der Waals surface area contributed by atoms with Crippen molar-refractivity contribution in [2.45, 2.75) is 13.3 Å². The van der Waals surface area contributed by atoms with Crippen LogP contribution in [-0.4, -0.2) is 30.8 Å². The highest BCUT2D eigenvalue weighted by atomic mass is 32.1. The number of nitrogens with one attached hydrogen (secondary N) is 3. The van der Waals surface area contributed by atoms with E-state index in [0.29, 0.717) is 24.3 Å². The predicted octanol–water partition coefficient (Wildman–Crippen LogP) is 4.66. The van der Waals surface area contributed by atoms with Crippen LogP contribution in [0.4, 0.5) is 21.0 Å². The SMILES string of the molecule is COC(=O)Nc1ccc(NC(=O)NCCc2csc(-c3ccc(C)cc3)n2)cc1. The average Bonchev–Trinajstić information content (AvgIpc) is 3.19. The van der Waals surface area contributed by atoms with Gasteiger partial charge in [0.1, 0.15) is 5.01 Å². The number of hydrogen-bond acceptors (Lipinski definition) is 5. The van der Waals surface area contributed by atoms with Crippen molar-refractivity contribution in [2.75, 3.05) is 24.3 Å². The third kappa shape index (κ3) is 6.05. The maximum atomic E-state index is 12.0. The Morgan fingerprint density at radius 1 is 1.00 bits per heavy atom. The Balaban J connectivity index is 1.44. The first kappa shape index (κ1) is 20.3. The molecule has 0 fully saturated rings. The van der Waals surface area contributed by atoms with Crippen LogP contribution < -0.4 is 16.0 Å². The van der Waals surface area contributed by atoms with Crippen molar-refractivity contribution in [1.82, 2.24) is 10.3 Å². The lowest BCUT2D eigenvalue weighted by Crippen LogP contribution is -2.30. The van der Waals surface area contributed by atoms with E-state index in [1.54, 1.807) is 35.6 Å². The first-order valence-corrected chi connectivity index (χ1v) is 9.93. The summed E-state index contributed by atoms with van der Waals surface area (Å²) in [5, 5.41) is 11.1. The molecule has 2 aromatic carbocycles. The summed E-state index contributed by atoms with van der Waals surface area (Å²) in [6, 6.07) is 14.7. The largest absolute Gasteiger partial charge is 0.453 e. The van der Waals surface area contributed by atoms with Gasteiger partial charge in [0.25, 0.3) is 0 Å². The third-order valence-corrected chi connectivity index (χ3v) is 5.03. The topological polar surface area (TPSA) is 92.4 Å². The number of methoxy groups -OCH3 is 1. The van der Waals surface area contributed by atoms with Crippen LogP contribution in [0.15, 0.2) is 53.9 Å². The summed E-state index contributed by atoms with van der Waals surface area (Å²) < 4.78 is 4.53. The van der Waals surface area contributed by atoms with Gasteiger partial charge in [-0.2, -0.15) is 0 Å². The molecule has 0 aliphatic heterocycles. The van der Waals surface area contributed by atoms with E-state index in [-0.39, 0.29) is 6.03 Å². The van der Waals surface area contributed by atoms with Crippen molar-refractivity contribution >= 4 is 34.8 Å². The van der Waals surface area contributed by atoms with Gasteiger partial charge in [0.2, 0.25) is 0 Å². The summed E-state index contributed by atoms with van der Waals surface area (Å²) >= 11 is 1.60. The quantitative estimate of drug-likeness (QED) is 0.551. The number of aryl methyl sites for hydroxylation is 1. The van der Waals surface area contributed by atoms with Crippen molar-refractivity contribution in [3.8, 4) is 10.6 Å². The highest BCUT2D eigenvalue weighted by Gasteiger charge is 2.07. The number of benzene rings is 2. The zero-order chi connectivity index (χ0) is 20.6. The van der Waals surface area contributed by atoms with E-state index < -0.39 is 6.09 Å². The Kier molecular flexibility index (Phi) is 6.80. The highest BCUT2D eigenvalue weighted by molar-refractivity contribution is 7.13. The molecule has 0 saturated heterocycles. The van der Waals surface area contributed by atoms with E-state index in [1.165, 1.54) is 12.7 Å². The molecule has 0 atom stereocenters. The molecule has 3 rings (SSSR count). The summed E-state index contributed by atoms with van der Waals surface area (Å²) in [4.78, 5) is 27.8. The number of aromatic nitrogens is 1. The second-order valence-corrected chi connectivity index (χ2v) is 7.19. The summed E-state index contributed by atoms with van der Waals surface area (Å²) in [5.41, 5.74) is 4.46. The molecule has 0 aliphatic rings. The molecule has 0 saturated carbocycles.